The molecule has 0 saturated heterocycles. The van der Waals surface area contributed by atoms with Crippen molar-refractivity contribution in [3.05, 3.63) is 94.9 Å². The Bertz CT molecular complexity index is 1420. The van der Waals surface area contributed by atoms with E-state index in [4.69, 9.17) is 11.6 Å². The van der Waals surface area contributed by atoms with E-state index in [1.165, 1.54) is 35.0 Å². The highest BCUT2D eigenvalue weighted by Gasteiger charge is 2.21. The van der Waals surface area contributed by atoms with E-state index in [0.717, 1.165) is 24.8 Å². The standard InChI is InChI=1S/C27H24ClFN4O3/c1-2-3-4-17-5-10-21(11-6-17)31-26(35)27(36)32-33-23-14-7-19(28)15-18(23)16-24(33)25(34)30-22-12-8-20(29)9-13-22/h5-16H,2-4H2,1H3,(H,30,34)(H,31,35)(H,32,36). The molecule has 0 aliphatic carbocycles. The number of anilines is 2. The number of fused-ring (bicyclic) bond motifs is 1. The van der Waals surface area contributed by atoms with Gasteiger partial charge in [0.15, 0.2) is 0 Å². The molecule has 184 valence electrons. The number of rotatable bonds is 7. The molecule has 0 unspecified atom stereocenters. The van der Waals surface area contributed by atoms with E-state index in [2.05, 4.69) is 23.0 Å². The van der Waals surface area contributed by atoms with Crippen LogP contribution in [0, 0.1) is 5.82 Å². The van der Waals surface area contributed by atoms with Crippen LogP contribution in [0.25, 0.3) is 10.9 Å². The maximum Gasteiger partial charge on any atom is 0.328 e. The summed E-state index contributed by atoms with van der Waals surface area (Å²) >= 11 is 6.09. The molecule has 36 heavy (non-hydrogen) atoms. The maximum atomic E-state index is 13.2. The Morgan fingerprint density at radius 3 is 2.22 bits per heavy atom. The van der Waals surface area contributed by atoms with Gasteiger partial charge in [-0.25, -0.2) is 9.07 Å². The minimum atomic E-state index is -0.964. The largest absolute Gasteiger partial charge is 0.328 e. The molecule has 0 atom stereocenters. The van der Waals surface area contributed by atoms with E-state index in [0.29, 0.717) is 27.3 Å². The topological polar surface area (TPSA) is 92.2 Å². The summed E-state index contributed by atoms with van der Waals surface area (Å²) < 4.78 is 14.4. The van der Waals surface area contributed by atoms with Gasteiger partial charge in [0.2, 0.25) is 0 Å². The number of carbonyl (C=O) groups is 3. The number of amides is 3. The Hall–Kier alpha value is -4.17. The predicted octanol–water partition coefficient (Wildman–Crippen LogP) is 5.74. The number of aromatic nitrogens is 1. The van der Waals surface area contributed by atoms with Crippen LogP contribution >= 0.6 is 11.6 Å². The van der Waals surface area contributed by atoms with Crippen molar-refractivity contribution in [1.29, 1.82) is 0 Å². The van der Waals surface area contributed by atoms with Crippen LogP contribution in [-0.2, 0) is 16.0 Å². The van der Waals surface area contributed by atoms with Gasteiger partial charge in [-0.3, -0.25) is 19.8 Å². The molecule has 4 rings (SSSR count). The molecule has 4 aromatic rings. The summed E-state index contributed by atoms with van der Waals surface area (Å²) in [4.78, 5) is 38.4. The minimum absolute atomic E-state index is 0.0537. The van der Waals surface area contributed by atoms with Crippen LogP contribution in [0.1, 0.15) is 35.8 Å². The number of carbonyl (C=O) groups excluding carboxylic acids is 3. The second-order valence-electron chi connectivity index (χ2n) is 8.22. The molecule has 7 nitrogen and oxygen atoms in total. The Kier molecular flexibility index (Phi) is 7.65. The minimum Gasteiger partial charge on any atom is -0.321 e. The number of halogens is 2. The zero-order valence-corrected chi connectivity index (χ0v) is 20.2. The molecule has 0 radical (unpaired) electrons. The molecule has 0 aliphatic heterocycles. The van der Waals surface area contributed by atoms with Crippen molar-refractivity contribution < 1.29 is 18.8 Å². The van der Waals surface area contributed by atoms with Crippen molar-refractivity contribution in [2.24, 2.45) is 0 Å². The van der Waals surface area contributed by atoms with E-state index in [9.17, 15) is 18.8 Å². The Morgan fingerprint density at radius 1 is 0.861 bits per heavy atom. The van der Waals surface area contributed by atoms with Crippen LogP contribution in [0.5, 0.6) is 0 Å². The lowest BCUT2D eigenvalue weighted by Gasteiger charge is -2.13. The van der Waals surface area contributed by atoms with Crippen molar-refractivity contribution in [3.63, 3.8) is 0 Å². The normalized spacial score (nSPS) is 10.8. The molecule has 3 aromatic carbocycles. The molecular formula is C27H24ClFN4O3. The van der Waals surface area contributed by atoms with Gasteiger partial charge in [0.05, 0.1) is 5.52 Å². The Morgan fingerprint density at radius 2 is 1.53 bits per heavy atom. The van der Waals surface area contributed by atoms with Gasteiger partial charge in [0.25, 0.3) is 5.91 Å². The van der Waals surface area contributed by atoms with Crippen molar-refractivity contribution >= 4 is 51.6 Å². The number of nitrogens with zero attached hydrogens (tertiary/aromatic N) is 1. The first kappa shape index (κ1) is 24.9. The number of aryl methyl sites for hydroxylation is 1. The quantitative estimate of drug-likeness (QED) is 0.279. The third-order valence-electron chi connectivity index (χ3n) is 5.55. The van der Waals surface area contributed by atoms with Crippen LogP contribution in [0.4, 0.5) is 15.8 Å². The van der Waals surface area contributed by atoms with Gasteiger partial charge in [-0.2, -0.15) is 0 Å². The summed E-state index contributed by atoms with van der Waals surface area (Å²) in [5.74, 6) is -2.87. The zero-order valence-electron chi connectivity index (χ0n) is 19.5. The van der Waals surface area contributed by atoms with E-state index in [1.54, 1.807) is 30.3 Å². The fraction of sp³-hybridized carbons (Fsp3) is 0.148. The van der Waals surface area contributed by atoms with Gasteiger partial charge in [0.1, 0.15) is 11.5 Å². The zero-order chi connectivity index (χ0) is 25.7. The fourth-order valence-corrected chi connectivity index (χ4v) is 3.86. The van der Waals surface area contributed by atoms with E-state index in [-0.39, 0.29) is 5.69 Å². The summed E-state index contributed by atoms with van der Waals surface area (Å²) in [6, 6.07) is 19.0. The monoisotopic (exact) mass is 506 g/mol. The summed E-state index contributed by atoms with van der Waals surface area (Å²) in [5.41, 5.74) is 5.00. The van der Waals surface area contributed by atoms with Gasteiger partial charge in [-0.05, 0) is 79.1 Å². The van der Waals surface area contributed by atoms with E-state index in [1.807, 2.05) is 12.1 Å². The van der Waals surface area contributed by atoms with Crippen molar-refractivity contribution in [1.82, 2.24) is 4.68 Å². The lowest BCUT2D eigenvalue weighted by Crippen LogP contribution is -2.36. The van der Waals surface area contributed by atoms with Gasteiger partial charge >= 0.3 is 11.8 Å². The maximum absolute atomic E-state index is 13.2. The first-order chi connectivity index (χ1) is 17.3. The molecule has 9 heteroatoms. The third kappa shape index (κ3) is 5.90. The van der Waals surface area contributed by atoms with E-state index >= 15 is 0 Å². The summed E-state index contributed by atoms with van der Waals surface area (Å²) in [7, 11) is 0. The molecule has 3 amide bonds. The number of nitrogens with one attached hydrogen (secondary N) is 3. The smallest absolute Gasteiger partial charge is 0.321 e. The SMILES string of the molecule is CCCCc1ccc(NC(=O)C(=O)Nn2c(C(=O)Nc3ccc(F)cc3)cc3cc(Cl)ccc32)cc1. The van der Waals surface area contributed by atoms with Crippen LogP contribution < -0.4 is 16.1 Å². The number of benzene rings is 3. The highest BCUT2D eigenvalue weighted by molar-refractivity contribution is 6.42. The lowest BCUT2D eigenvalue weighted by atomic mass is 10.1. The lowest BCUT2D eigenvalue weighted by molar-refractivity contribution is -0.133. The molecule has 0 aliphatic rings. The highest BCUT2D eigenvalue weighted by Crippen LogP contribution is 2.24. The summed E-state index contributed by atoms with van der Waals surface area (Å²) in [5, 5.41) is 6.24. The fourth-order valence-electron chi connectivity index (χ4n) is 3.68. The average molecular weight is 507 g/mol. The Labute approximate surface area is 212 Å². The molecule has 3 N–H and O–H groups in total. The van der Waals surface area contributed by atoms with Crippen LogP contribution in [0.15, 0.2) is 72.8 Å². The highest BCUT2D eigenvalue weighted by atomic mass is 35.5. The molecular weight excluding hydrogens is 483 g/mol. The average Bonchev–Trinajstić information content (AvgIpc) is 3.22. The molecule has 0 bridgehead atoms. The third-order valence-corrected chi connectivity index (χ3v) is 5.78. The first-order valence-corrected chi connectivity index (χ1v) is 11.8. The van der Waals surface area contributed by atoms with Crippen LogP contribution in [0.3, 0.4) is 0 Å². The Balaban J connectivity index is 1.54. The molecule has 0 saturated carbocycles. The summed E-state index contributed by atoms with van der Waals surface area (Å²) in [6.45, 7) is 2.12. The number of hydrogen-bond donors (Lipinski definition) is 3. The van der Waals surface area contributed by atoms with Crippen molar-refractivity contribution in [3.8, 4) is 0 Å². The van der Waals surface area contributed by atoms with E-state index < -0.39 is 23.5 Å². The van der Waals surface area contributed by atoms with Gasteiger partial charge in [0, 0.05) is 21.8 Å². The second-order valence-corrected chi connectivity index (χ2v) is 8.66. The van der Waals surface area contributed by atoms with Crippen LogP contribution in [-0.4, -0.2) is 22.4 Å². The first-order valence-electron chi connectivity index (χ1n) is 11.4. The van der Waals surface area contributed by atoms with Crippen molar-refractivity contribution in [2.45, 2.75) is 26.2 Å². The summed E-state index contributed by atoms with van der Waals surface area (Å²) in [6.07, 6.45) is 3.10. The molecule has 0 fully saturated rings. The molecule has 1 heterocycles. The second kappa shape index (κ2) is 11.0. The number of unbranched alkanes of at least 4 members (excludes halogenated alkanes) is 1. The molecule has 0 spiro atoms. The predicted molar refractivity (Wildman–Crippen MR) is 139 cm³/mol. The van der Waals surface area contributed by atoms with Gasteiger partial charge < -0.3 is 10.6 Å². The van der Waals surface area contributed by atoms with Crippen LogP contribution in [0.2, 0.25) is 5.02 Å². The van der Waals surface area contributed by atoms with Gasteiger partial charge in [-0.1, -0.05) is 37.1 Å². The van der Waals surface area contributed by atoms with Gasteiger partial charge in [-0.15, -0.1) is 0 Å². The van der Waals surface area contributed by atoms with Crippen molar-refractivity contribution in [2.75, 3.05) is 16.1 Å². The molecule has 1 aromatic heterocycles. The number of hydrogen-bond acceptors (Lipinski definition) is 3.